The van der Waals surface area contributed by atoms with Crippen molar-refractivity contribution in [3.05, 3.63) is 28.8 Å². The third-order valence-electron chi connectivity index (χ3n) is 3.99. The summed E-state index contributed by atoms with van der Waals surface area (Å²) in [4.78, 5) is 14.4. The molecular formula is C15H21ClN2O2. The Labute approximate surface area is 124 Å². The number of piperidine rings is 1. The van der Waals surface area contributed by atoms with Gasteiger partial charge in [0.1, 0.15) is 0 Å². The molecule has 0 spiro atoms. The number of hydrogen-bond donors (Lipinski definition) is 2. The normalized spacial score (nSPS) is 17.9. The summed E-state index contributed by atoms with van der Waals surface area (Å²) in [5.41, 5.74) is 1.40. The molecule has 5 heteroatoms. The molecule has 1 aromatic carbocycles. The summed E-state index contributed by atoms with van der Waals surface area (Å²) < 4.78 is 0. The van der Waals surface area contributed by atoms with E-state index in [2.05, 4.69) is 5.32 Å². The lowest BCUT2D eigenvalue weighted by Gasteiger charge is -2.33. The molecule has 1 unspecified atom stereocenters. The molecule has 0 aromatic heterocycles. The van der Waals surface area contributed by atoms with Gasteiger partial charge >= 0.3 is 0 Å². The summed E-state index contributed by atoms with van der Waals surface area (Å²) in [6.45, 7) is 3.19. The highest BCUT2D eigenvalue weighted by molar-refractivity contribution is 6.31. The van der Waals surface area contributed by atoms with E-state index in [9.17, 15) is 9.90 Å². The third kappa shape index (κ3) is 3.25. The van der Waals surface area contributed by atoms with Crippen LogP contribution in [-0.2, 0) is 0 Å². The highest BCUT2D eigenvalue weighted by Crippen LogP contribution is 2.25. The first kappa shape index (κ1) is 15.1. The molecule has 0 radical (unpaired) electrons. The Kier molecular flexibility index (Phi) is 4.89. The third-order valence-corrected chi connectivity index (χ3v) is 4.23. The standard InChI is InChI=1S/C15H21ClN2O2/c1-10(19)11-5-7-18(8-6-11)15(20)13-9-12(16)3-4-14(13)17-2/h3-4,9-11,17,19H,5-8H2,1-2H3. The summed E-state index contributed by atoms with van der Waals surface area (Å²) in [6, 6.07) is 5.29. The van der Waals surface area contributed by atoms with E-state index in [1.165, 1.54) is 0 Å². The number of carbonyl (C=O) groups excluding carboxylic acids is 1. The van der Waals surface area contributed by atoms with Crippen molar-refractivity contribution in [3.63, 3.8) is 0 Å². The van der Waals surface area contributed by atoms with Crippen LogP contribution in [0.15, 0.2) is 18.2 Å². The Hall–Kier alpha value is -1.26. The van der Waals surface area contributed by atoms with Gasteiger partial charge in [-0.05, 0) is 43.9 Å². The van der Waals surface area contributed by atoms with Crippen LogP contribution < -0.4 is 5.32 Å². The molecule has 0 saturated carbocycles. The minimum atomic E-state index is -0.300. The molecule has 4 nitrogen and oxygen atoms in total. The van der Waals surface area contributed by atoms with Gasteiger partial charge in [-0.2, -0.15) is 0 Å². The van der Waals surface area contributed by atoms with Gasteiger partial charge in [-0.15, -0.1) is 0 Å². The largest absolute Gasteiger partial charge is 0.393 e. The molecule has 1 saturated heterocycles. The fourth-order valence-electron chi connectivity index (χ4n) is 2.67. The molecule has 2 N–H and O–H groups in total. The highest BCUT2D eigenvalue weighted by atomic mass is 35.5. The van der Waals surface area contributed by atoms with Crippen molar-refractivity contribution in [2.75, 3.05) is 25.5 Å². The molecular weight excluding hydrogens is 276 g/mol. The van der Waals surface area contributed by atoms with Crippen LogP contribution in [-0.4, -0.2) is 42.2 Å². The Balaban J connectivity index is 2.11. The highest BCUT2D eigenvalue weighted by Gasteiger charge is 2.27. The van der Waals surface area contributed by atoms with E-state index >= 15 is 0 Å². The molecule has 1 fully saturated rings. The van der Waals surface area contributed by atoms with E-state index in [-0.39, 0.29) is 12.0 Å². The monoisotopic (exact) mass is 296 g/mol. The number of carbonyl (C=O) groups is 1. The average molecular weight is 297 g/mol. The predicted molar refractivity (Wildman–Crippen MR) is 81.3 cm³/mol. The Morgan fingerprint density at radius 3 is 2.65 bits per heavy atom. The van der Waals surface area contributed by atoms with Crippen molar-refractivity contribution in [3.8, 4) is 0 Å². The lowest BCUT2D eigenvalue weighted by molar-refractivity contribution is 0.0522. The molecule has 1 heterocycles. The summed E-state index contributed by atoms with van der Waals surface area (Å²) >= 11 is 5.99. The molecule has 1 aliphatic rings. The quantitative estimate of drug-likeness (QED) is 0.901. The van der Waals surface area contributed by atoms with E-state index in [1.54, 1.807) is 19.2 Å². The van der Waals surface area contributed by atoms with Crippen molar-refractivity contribution < 1.29 is 9.90 Å². The van der Waals surface area contributed by atoms with Crippen molar-refractivity contribution >= 4 is 23.2 Å². The first-order valence-electron chi connectivity index (χ1n) is 6.97. The second-order valence-electron chi connectivity index (χ2n) is 5.31. The first-order chi connectivity index (χ1) is 9.52. The van der Waals surface area contributed by atoms with Crippen LogP contribution in [0.3, 0.4) is 0 Å². The molecule has 20 heavy (non-hydrogen) atoms. The van der Waals surface area contributed by atoms with Crippen molar-refractivity contribution in [1.82, 2.24) is 4.90 Å². The number of likely N-dealkylation sites (tertiary alicyclic amines) is 1. The summed E-state index contributed by atoms with van der Waals surface area (Å²) in [6.07, 6.45) is 1.39. The molecule has 110 valence electrons. The Morgan fingerprint density at radius 1 is 1.45 bits per heavy atom. The number of hydrogen-bond acceptors (Lipinski definition) is 3. The molecule has 2 rings (SSSR count). The fraction of sp³-hybridized carbons (Fsp3) is 0.533. The molecule has 1 aliphatic heterocycles. The smallest absolute Gasteiger partial charge is 0.256 e. The minimum absolute atomic E-state index is 0.000827. The SMILES string of the molecule is CNc1ccc(Cl)cc1C(=O)N1CCC(C(C)O)CC1. The molecule has 0 aliphatic carbocycles. The van der Waals surface area contributed by atoms with Gasteiger partial charge in [-0.25, -0.2) is 0 Å². The van der Waals surface area contributed by atoms with Crippen LogP contribution >= 0.6 is 11.6 Å². The van der Waals surface area contributed by atoms with Gasteiger partial charge in [0, 0.05) is 30.8 Å². The predicted octanol–water partition coefficient (Wildman–Crippen LogP) is 2.61. The number of nitrogens with zero attached hydrogens (tertiary/aromatic N) is 1. The van der Waals surface area contributed by atoms with Gasteiger partial charge in [-0.1, -0.05) is 11.6 Å². The maximum absolute atomic E-state index is 12.6. The van der Waals surface area contributed by atoms with E-state index < -0.39 is 0 Å². The second-order valence-corrected chi connectivity index (χ2v) is 5.75. The maximum atomic E-state index is 12.6. The first-order valence-corrected chi connectivity index (χ1v) is 7.35. The zero-order chi connectivity index (χ0) is 14.7. The van der Waals surface area contributed by atoms with Crippen LogP contribution in [0.25, 0.3) is 0 Å². The molecule has 1 atom stereocenters. The van der Waals surface area contributed by atoms with Crippen LogP contribution in [0.1, 0.15) is 30.1 Å². The number of benzene rings is 1. The number of rotatable bonds is 3. The van der Waals surface area contributed by atoms with Gasteiger partial charge in [0.2, 0.25) is 0 Å². The number of aliphatic hydroxyl groups is 1. The average Bonchev–Trinajstić information content (AvgIpc) is 2.46. The van der Waals surface area contributed by atoms with E-state index in [0.29, 0.717) is 29.6 Å². The number of amides is 1. The van der Waals surface area contributed by atoms with Gasteiger partial charge in [0.25, 0.3) is 5.91 Å². The van der Waals surface area contributed by atoms with Crippen LogP contribution in [0.4, 0.5) is 5.69 Å². The minimum Gasteiger partial charge on any atom is -0.393 e. The summed E-state index contributed by atoms with van der Waals surface area (Å²) in [7, 11) is 1.79. The number of aliphatic hydroxyl groups excluding tert-OH is 1. The van der Waals surface area contributed by atoms with Crippen LogP contribution in [0.5, 0.6) is 0 Å². The van der Waals surface area contributed by atoms with Crippen molar-refractivity contribution in [2.45, 2.75) is 25.9 Å². The van der Waals surface area contributed by atoms with Crippen LogP contribution in [0, 0.1) is 5.92 Å². The van der Waals surface area contributed by atoms with Gasteiger partial charge in [0.05, 0.1) is 11.7 Å². The fourth-order valence-corrected chi connectivity index (χ4v) is 2.84. The Morgan fingerprint density at radius 2 is 2.10 bits per heavy atom. The van der Waals surface area contributed by atoms with E-state index in [0.717, 1.165) is 18.5 Å². The van der Waals surface area contributed by atoms with Crippen molar-refractivity contribution in [1.29, 1.82) is 0 Å². The zero-order valence-corrected chi connectivity index (χ0v) is 12.7. The maximum Gasteiger partial charge on any atom is 0.256 e. The zero-order valence-electron chi connectivity index (χ0n) is 11.9. The Bertz CT molecular complexity index is 483. The number of nitrogens with one attached hydrogen (secondary N) is 1. The topological polar surface area (TPSA) is 52.6 Å². The second kappa shape index (κ2) is 6.46. The lowest BCUT2D eigenvalue weighted by atomic mass is 9.92. The number of halogens is 1. The van der Waals surface area contributed by atoms with E-state index in [1.807, 2.05) is 17.9 Å². The van der Waals surface area contributed by atoms with Crippen LogP contribution in [0.2, 0.25) is 5.02 Å². The number of anilines is 1. The lowest BCUT2D eigenvalue weighted by Crippen LogP contribution is -2.40. The van der Waals surface area contributed by atoms with Gasteiger partial charge < -0.3 is 15.3 Å². The van der Waals surface area contributed by atoms with Gasteiger partial charge in [0.15, 0.2) is 0 Å². The van der Waals surface area contributed by atoms with E-state index in [4.69, 9.17) is 11.6 Å². The molecule has 1 aromatic rings. The molecule has 1 amide bonds. The van der Waals surface area contributed by atoms with Crippen molar-refractivity contribution in [2.24, 2.45) is 5.92 Å². The molecule has 0 bridgehead atoms. The van der Waals surface area contributed by atoms with Gasteiger partial charge in [-0.3, -0.25) is 4.79 Å². The summed E-state index contributed by atoms with van der Waals surface area (Å²) in [5.74, 6) is 0.295. The summed E-state index contributed by atoms with van der Waals surface area (Å²) in [5, 5.41) is 13.2.